The molecule has 2 aliphatic heterocycles. The van der Waals surface area contributed by atoms with E-state index in [4.69, 9.17) is 4.74 Å². The second-order valence-corrected chi connectivity index (χ2v) is 10.9. The van der Waals surface area contributed by atoms with Crippen molar-refractivity contribution in [1.29, 1.82) is 0 Å². The zero-order valence-corrected chi connectivity index (χ0v) is 18.8. The maximum absolute atomic E-state index is 14.5. The number of fused-ring (bicyclic) bond motifs is 3. The summed E-state index contributed by atoms with van der Waals surface area (Å²) in [6.07, 6.45) is 0.717. The van der Waals surface area contributed by atoms with Gasteiger partial charge >= 0.3 is 12.1 Å². The highest BCUT2D eigenvalue weighted by atomic mass is 32.2. The minimum atomic E-state index is -4.08. The highest BCUT2D eigenvalue weighted by Crippen LogP contribution is 2.42. The quantitative estimate of drug-likeness (QED) is 0.723. The van der Waals surface area contributed by atoms with Crippen molar-refractivity contribution in [3.05, 3.63) is 35.3 Å². The number of hydrogen-bond donors (Lipinski definition) is 1. The van der Waals surface area contributed by atoms with Crippen LogP contribution in [0.3, 0.4) is 0 Å². The number of piperidine rings is 1. The van der Waals surface area contributed by atoms with Gasteiger partial charge in [0, 0.05) is 24.2 Å². The molecule has 3 heterocycles. The van der Waals surface area contributed by atoms with Gasteiger partial charge in [0.05, 0.1) is 17.5 Å². The minimum Gasteiger partial charge on any atom is -0.476 e. The highest BCUT2D eigenvalue weighted by molar-refractivity contribution is 7.91. The van der Waals surface area contributed by atoms with Gasteiger partial charge in [0.1, 0.15) is 16.3 Å². The van der Waals surface area contributed by atoms with Crippen molar-refractivity contribution >= 4 is 21.9 Å². The molecule has 0 radical (unpaired) electrons. The van der Waals surface area contributed by atoms with Gasteiger partial charge in [-0.15, -0.1) is 0 Å². The van der Waals surface area contributed by atoms with E-state index in [2.05, 4.69) is 5.10 Å². The van der Waals surface area contributed by atoms with Gasteiger partial charge in [-0.1, -0.05) is 12.1 Å². The molecule has 4 rings (SSSR count). The summed E-state index contributed by atoms with van der Waals surface area (Å²) < 4.78 is 46.9. The van der Waals surface area contributed by atoms with Crippen LogP contribution in [-0.4, -0.2) is 59.0 Å². The number of ether oxygens (including phenoxy) is 1. The molecule has 1 aromatic heterocycles. The maximum Gasteiger partial charge on any atom is 0.410 e. The van der Waals surface area contributed by atoms with Gasteiger partial charge in [-0.05, 0) is 39.7 Å². The number of halogens is 1. The molecule has 172 valence electrons. The summed E-state index contributed by atoms with van der Waals surface area (Å²) >= 11 is 0. The number of amides is 1. The Balaban J connectivity index is 1.81. The van der Waals surface area contributed by atoms with Crippen molar-refractivity contribution in [2.75, 3.05) is 13.1 Å². The molecule has 32 heavy (non-hydrogen) atoms. The number of likely N-dealkylation sites (tertiary alicyclic amines) is 1. The Kier molecular flexibility index (Phi) is 5.27. The van der Waals surface area contributed by atoms with Crippen LogP contribution in [0.1, 0.15) is 55.7 Å². The van der Waals surface area contributed by atoms with Gasteiger partial charge in [0.15, 0.2) is 15.5 Å². The van der Waals surface area contributed by atoms with Crippen molar-refractivity contribution in [3.8, 4) is 11.3 Å². The first kappa shape index (κ1) is 22.3. The van der Waals surface area contributed by atoms with Crippen LogP contribution in [0.5, 0.6) is 0 Å². The Morgan fingerprint density at radius 2 is 2.00 bits per heavy atom. The Hall–Kier alpha value is -2.95. The number of sulfone groups is 1. The van der Waals surface area contributed by atoms with E-state index in [1.807, 2.05) is 0 Å². The number of nitrogens with zero attached hydrogens (tertiary/aromatic N) is 3. The molecule has 1 atom stereocenters. The average Bonchev–Trinajstić information content (AvgIpc) is 3.05. The van der Waals surface area contributed by atoms with Crippen LogP contribution in [0, 0.1) is 5.82 Å². The molecule has 0 spiro atoms. The van der Waals surface area contributed by atoms with Crippen molar-refractivity contribution < 1.29 is 32.2 Å². The SMILES string of the molecule is CC(C)(C)OC(=O)N1CCCC(n2nc(C(=O)O)c3c2-c2cccc(F)c2S(=O)(=O)C3)C1. The summed E-state index contributed by atoms with van der Waals surface area (Å²) in [5.41, 5.74) is -0.669. The van der Waals surface area contributed by atoms with Crippen LogP contribution in [0.25, 0.3) is 11.3 Å². The second kappa shape index (κ2) is 7.58. The molecule has 1 aromatic carbocycles. The summed E-state index contributed by atoms with van der Waals surface area (Å²) in [4.78, 5) is 25.5. The number of benzene rings is 1. The van der Waals surface area contributed by atoms with E-state index in [1.54, 1.807) is 20.8 Å². The number of rotatable bonds is 2. The molecule has 0 saturated carbocycles. The Morgan fingerprint density at radius 1 is 1.28 bits per heavy atom. The van der Waals surface area contributed by atoms with Crippen molar-refractivity contribution in [1.82, 2.24) is 14.7 Å². The molecular formula is C21H24FN3O6S. The number of aromatic nitrogens is 2. The van der Waals surface area contributed by atoms with Crippen LogP contribution < -0.4 is 0 Å². The zero-order valence-electron chi connectivity index (χ0n) is 18.0. The molecule has 0 bridgehead atoms. The molecule has 2 aromatic rings. The smallest absolute Gasteiger partial charge is 0.410 e. The molecule has 1 N–H and O–H groups in total. The molecule has 9 nitrogen and oxygen atoms in total. The third kappa shape index (κ3) is 3.85. The number of carboxylic acid groups (broad SMARTS) is 1. The monoisotopic (exact) mass is 465 g/mol. The topological polar surface area (TPSA) is 119 Å². The van der Waals surface area contributed by atoms with Gasteiger partial charge in [-0.25, -0.2) is 22.4 Å². The van der Waals surface area contributed by atoms with E-state index in [0.717, 1.165) is 6.07 Å². The molecule has 1 saturated heterocycles. The first-order chi connectivity index (χ1) is 14.9. The van der Waals surface area contributed by atoms with Crippen LogP contribution in [0.4, 0.5) is 9.18 Å². The third-order valence-electron chi connectivity index (χ3n) is 5.47. The first-order valence-electron chi connectivity index (χ1n) is 10.2. The summed E-state index contributed by atoms with van der Waals surface area (Å²) in [7, 11) is -4.08. The fourth-order valence-electron chi connectivity index (χ4n) is 4.25. The van der Waals surface area contributed by atoms with Crippen molar-refractivity contribution in [2.45, 2.75) is 55.9 Å². The number of carbonyl (C=O) groups is 2. The van der Waals surface area contributed by atoms with E-state index >= 15 is 0 Å². The minimum absolute atomic E-state index is 0.0324. The van der Waals surface area contributed by atoms with Crippen LogP contribution in [0.15, 0.2) is 23.1 Å². The number of carbonyl (C=O) groups excluding carboxylic acids is 1. The predicted octanol–water partition coefficient (Wildman–Crippen LogP) is 3.25. The molecule has 1 unspecified atom stereocenters. The van der Waals surface area contributed by atoms with E-state index in [1.165, 1.54) is 21.7 Å². The largest absolute Gasteiger partial charge is 0.476 e. The van der Waals surface area contributed by atoms with Crippen molar-refractivity contribution in [3.63, 3.8) is 0 Å². The molecule has 1 amide bonds. The lowest BCUT2D eigenvalue weighted by Gasteiger charge is -2.35. The van der Waals surface area contributed by atoms with Crippen molar-refractivity contribution in [2.24, 2.45) is 0 Å². The second-order valence-electron chi connectivity index (χ2n) is 9.02. The number of hydrogen-bond acceptors (Lipinski definition) is 6. The van der Waals surface area contributed by atoms with Crippen LogP contribution in [-0.2, 0) is 20.3 Å². The Labute approximate surface area is 184 Å². The highest BCUT2D eigenvalue weighted by Gasteiger charge is 2.40. The van der Waals surface area contributed by atoms with Gasteiger partial charge in [-0.2, -0.15) is 5.10 Å². The summed E-state index contributed by atoms with van der Waals surface area (Å²) in [6, 6.07) is 3.47. The Morgan fingerprint density at radius 3 is 2.66 bits per heavy atom. The molecular weight excluding hydrogens is 441 g/mol. The lowest BCUT2D eigenvalue weighted by molar-refractivity contribution is 0.0167. The molecule has 2 aliphatic rings. The summed E-state index contributed by atoms with van der Waals surface area (Å²) in [5, 5.41) is 13.9. The normalized spacial score (nSPS) is 19.8. The fourth-order valence-corrected chi connectivity index (χ4v) is 5.91. The predicted molar refractivity (Wildman–Crippen MR) is 112 cm³/mol. The molecule has 1 fully saturated rings. The summed E-state index contributed by atoms with van der Waals surface area (Å²) in [5.74, 6) is -2.91. The lowest BCUT2D eigenvalue weighted by atomic mass is 10.0. The van der Waals surface area contributed by atoms with Gasteiger partial charge in [0.25, 0.3) is 0 Å². The molecule has 0 aliphatic carbocycles. The van der Waals surface area contributed by atoms with Gasteiger partial charge in [0.2, 0.25) is 0 Å². The fraction of sp³-hybridized carbons (Fsp3) is 0.476. The van der Waals surface area contributed by atoms with E-state index < -0.39 is 50.0 Å². The zero-order chi connectivity index (χ0) is 23.4. The van der Waals surface area contributed by atoms with Gasteiger partial charge in [-0.3, -0.25) is 4.68 Å². The first-order valence-corrected chi connectivity index (χ1v) is 11.9. The third-order valence-corrected chi connectivity index (χ3v) is 7.18. The van der Waals surface area contributed by atoms with Crippen LogP contribution in [0.2, 0.25) is 0 Å². The molecule has 11 heteroatoms. The van der Waals surface area contributed by atoms with E-state index in [0.29, 0.717) is 19.4 Å². The average molecular weight is 466 g/mol. The summed E-state index contributed by atoms with van der Waals surface area (Å²) in [6.45, 7) is 5.98. The standard InChI is InChI=1S/C21H24FN3O6S/c1-21(2,3)31-20(28)24-9-5-6-12(10-24)25-17-13-7-4-8-15(22)18(13)32(29,30)11-14(17)16(23-25)19(26)27/h4,7-8,12H,5-6,9-11H2,1-3H3,(H,26,27). The Bertz CT molecular complexity index is 1210. The number of carboxylic acids is 1. The number of aromatic carboxylic acids is 1. The van der Waals surface area contributed by atoms with Gasteiger partial charge < -0.3 is 14.7 Å². The lowest BCUT2D eigenvalue weighted by Crippen LogP contribution is -2.43. The van der Waals surface area contributed by atoms with E-state index in [9.17, 15) is 27.5 Å². The maximum atomic E-state index is 14.5. The van der Waals surface area contributed by atoms with E-state index in [-0.39, 0.29) is 29.1 Å². The van der Waals surface area contributed by atoms with Crippen LogP contribution >= 0.6 is 0 Å².